The summed E-state index contributed by atoms with van der Waals surface area (Å²) in [5, 5.41) is 0. The van der Waals surface area contributed by atoms with E-state index in [2.05, 4.69) is 24.0 Å². The lowest BCUT2D eigenvalue weighted by Gasteiger charge is -2.21. The minimum atomic E-state index is -0.194. The molecule has 3 nitrogen and oxygen atoms in total. The third-order valence-electron chi connectivity index (χ3n) is 3.17. The van der Waals surface area contributed by atoms with Crippen molar-refractivity contribution < 1.29 is 4.79 Å². The predicted molar refractivity (Wildman–Crippen MR) is 63.6 cm³/mol. The summed E-state index contributed by atoms with van der Waals surface area (Å²) in [5.74, 6) is 0.362. The first kappa shape index (κ1) is 11.1. The van der Waals surface area contributed by atoms with Crippen LogP contribution in [0.2, 0.25) is 0 Å². The molecule has 1 saturated heterocycles. The molecule has 0 radical (unpaired) electrons. The lowest BCUT2D eigenvalue weighted by atomic mass is 10.1. The summed E-state index contributed by atoms with van der Waals surface area (Å²) in [6.45, 7) is 3.95. The molecule has 1 amide bonds. The maximum atomic E-state index is 11.3. The average molecular weight is 218 g/mol. The van der Waals surface area contributed by atoms with Crippen LogP contribution in [0.15, 0.2) is 30.3 Å². The number of carbonyl (C=O) groups excluding carboxylic acids is 1. The first-order chi connectivity index (χ1) is 7.66. The highest BCUT2D eigenvalue weighted by Crippen LogP contribution is 2.24. The molecule has 0 aliphatic carbocycles. The summed E-state index contributed by atoms with van der Waals surface area (Å²) in [6, 6.07) is 10.1. The Bertz CT molecular complexity index is 363. The molecule has 86 valence electrons. The molecular weight excluding hydrogens is 200 g/mol. The first-order valence-electron chi connectivity index (χ1n) is 5.74. The van der Waals surface area contributed by atoms with Crippen LogP contribution in [0.5, 0.6) is 0 Å². The molecule has 1 heterocycles. The Labute approximate surface area is 96.2 Å². The average Bonchev–Trinajstić information content (AvgIpc) is 2.61. The number of rotatable bonds is 3. The summed E-state index contributed by atoms with van der Waals surface area (Å²) >= 11 is 0. The van der Waals surface area contributed by atoms with E-state index in [0.29, 0.717) is 5.92 Å². The maximum absolute atomic E-state index is 11.3. The number of hydrogen-bond donors (Lipinski definition) is 1. The summed E-state index contributed by atoms with van der Waals surface area (Å²) in [5.41, 5.74) is 6.66. The third-order valence-corrected chi connectivity index (χ3v) is 3.17. The molecule has 0 aromatic heterocycles. The Morgan fingerprint density at radius 3 is 2.75 bits per heavy atom. The van der Waals surface area contributed by atoms with Gasteiger partial charge in [-0.25, -0.2) is 0 Å². The monoisotopic (exact) mass is 218 g/mol. The van der Waals surface area contributed by atoms with Crippen molar-refractivity contribution in [2.75, 3.05) is 6.54 Å². The van der Waals surface area contributed by atoms with E-state index in [4.69, 9.17) is 5.73 Å². The molecule has 1 fully saturated rings. The molecule has 2 N–H and O–H groups in total. The number of primary amides is 1. The fourth-order valence-corrected chi connectivity index (χ4v) is 2.42. The van der Waals surface area contributed by atoms with E-state index in [0.717, 1.165) is 19.5 Å². The highest BCUT2D eigenvalue weighted by Gasteiger charge is 2.33. The van der Waals surface area contributed by atoms with Gasteiger partial charge >= 0.3 is 0 Å². The van der Waals surface area contributed by atoms with Gasteiger partial charge in [-0.15, -0.1) is 0 Å². The van der Waals surface area contributed by atoms with Gasteiger partial charge in [-0.1, -0.05) is 37.3 Å². The molecule has 2 atom stereocenters. The van der Waals surface area contributed by atoms with Crippen LogP contribution in [0.4, 0.5) is 0 Å². The zero-order valence-electron chi connectivity index (χ0n) is 9.60. The zero-order chi connectivity index (χ0) is 11.5. The SMILES string of the molecule is C[C@H]1C[C@H](C(N)=O)N(Cc2ccccc2)C1. The standard InChI is InChI=1S/C13H18N2O/c1-10-7-12(13(14)16)15(8-10)9-11-5-3-2-4-6-11/h2-6,10,12H,7-9H2,1H3,(H2,14,16)/t10-,12+/m0/s1. The van der Waals surface area contributed by atoms with E-state index >= 15 is 0 Å². The van der Waals surface area contributed by atoms with Gasteiger partial charge < -0.3 is 5.73 Å². The Kier molecular flexibility index (Phi) is 3.25. The van der Waals surface area contributed by atoms with Crippen molar-refractivity contribution in [2.45, 2.75) is 25.9 Å². The third kappa shape index (κ3) is 2.42. The molecule has 0 spiro atoms. The van der Waals surface area contributed by atoms with E-state index in [1.54, 1.807) is 0 Å². The van der Waals surface area contributed by atoms with E-state index < -0.39 is 0 Å². The summed E-state index contributed by atoms with van der Waals surface area (Å²) in [6.07, 6.45) is 0.891. The van der Waals surface area contributed by atoms with E-state index in [1.165, 1.54) is 5.56 Å². The van der Waals surface area contributed by atoms with Crippen molar-refractivity contribution in [3.8, 4) is 0 Å². The van der Waals surface area contributed by atoms with Gasteiger partial charge in [-0.2, -0.15) is 0 Å². The highest BCUT2D eigenvalue weighted by atomic mass is 16.1. The predicted octanol–water partition coefficient (Wildman–Crippen LogP) is 1.38. The van der Waals surface area contributed by atoms with Crippen LogP contribution in [0, 0.1) is 5.92 Å². The number of carbonyl (C=O) groups is 1. The first-order valence-corrected chi connectivity index (χ1v) is 5.74. The van der Waals surface area contributed by atoms with E-state index in [-0.39, 0.29) is 11.9 Å². The molecule has 0 bridgehead atoms. The van der Waals surface area contributed by atoms with E-state index in [9.17, 15) is 4.79 Å². The Balaban J connectivity index is 2.06. The van der Waals surface area contributed by atoms with Crippen molar-refractivity contribution in [1.29, 1.82) is 0 Å². The molecule has 0 saturated carbocycles. The van der Waals surface area contributed by atoms with Crippen molar-refractivity contribution in [1.82, 2.24) is 4.90 Å². The summed E-state index contributed by atoms with van der Waals surface area (Å²) < 4.78 is 0. The topological polar surface area (TPSA) is 46.3 Å². The molecule has 1 aliphatic rings. The summed E-state index contributed by atoms with van der Waals surface area (Å²) in [7, 11) is 0. The quantitative estimate of drug-likeness (QED) is 0.833. The smallest absolute Gasteiger partial charge is 0.234 e. The number of likely N-dealkylation sites (tertiary alicyclic amines) is 1. The zero-order valence-corrected chi connectivity index (χ0v) is 9.60. The van der Waals surface area contributed by atoms with Crippen LogP contribution in [-0.4, -0.2) is 23.4 Å². The van der Waals surface area contributed by atoms with Gasteiger partial charge in [0.05, 0.1) is 6.04 Å². The van der Waals surface area contributed by atoms with Gasteiger partial charge in [0.15, 0.2) is 0 Å². The molecule has 1 aromatic rings. The van der Waals surface area contributed by atoms with Gasteiger partial charge in [-0.05, 0) is 17.9 Å². The fourth-order valence-electron chi connectivity index (χ4n) is 2.42. The second kappa shape index (κ2) is 4.66. The number of hydrogen-bond acceptors (Lipinski definition) is 2. The van der Waals surface area contributed by atoms with Crippen molar-refractivity contribution >= 4 is 5.91 Å². The molecule has 3 heteroatoms. The van der Waals surface area contributed by atoms with Gasteiger partial charge in [-0.3, -0.25) is 9.69 Å². The lowest BCUT2D eigenvalue weighted by molar-refractivity contribution is -0.122. The van der Waals surface area contributed by atoms with Crippen LogP contribution >= 0.6 is 0 Å². The molecular formula is C13H18N2O. The van der Waals surface area contributed by atoms with Gasteiger partial charge in [0.2, 0.25) is 5.91 Å². The van der Waals surface area contributed by atoms with Crippen LogP contribution in [0.25, 0.3) is 0 Å². The fraction of sp³-hybridized carbons (Fsp3) is 0.462. The Morgan fingerprint density at radius 1 is 1.44 bits per heavy atom. The van der Waals surface area contributed by atoms with Gasteiger partial charge in [0.25, 0.3) is 0 Å². The lowest BCUT2D eigenvalue weighted by Crippen LogP contribution is -2.39. The maximum Gasteiger partial charge on any atom is 0.234 e. The van der Waals surface area contributed by atoms with E-state index in [1.807, 2.05) is 18.2 Å². The molecule has 1 aliphatic heterocycles. The van der Waals surface area contributed by atoms with Gasteiger partial charge in [0.1, 0.15) is 0 Å². The molecule has 1 aromatic carbocycles. The number of nitrogens with zero attached hydrogens (tertiary/aromatic N) is 1. The number of nitrogens with two attached hydrogens (primary N) is 1. The highest BCUT2D eigenvalue weighted by molar-refractivity contribution is 5.80. The second-order valence-electron chi connectivity index (χ2n) is 4.67. The number of benzene rings is 1. The van der Waals surface area contributed by atoms with Crippen molar-refractivity contribution in [2.24, 2.45) is 11.7 Å². The minimum absolute atomic E-state index is 0.0878. The minimum Gasteiger partial charge on any atom is -0.368 e. The second-order valence-corrected chi connectivity index (χ2v) is 4.67. The van der Waals surface area contributed by atoms with Crippen LogP contribution in [-0.2, 0) is 11.3 Å². The Hall–Kier alpha value is -1.35. The van der Waals surface area contributed by atoms with Crippen LogP contribution < -0.4 is 5.73 Å². The Morgan fingerprint density at radius 2 is 2.12 bits per heavy atom. The summed E-state index contributed by atoms with van der Waals surface area (Å²) in [4.78, 5) is 13.5. The van der Waals surface area contributed by atoms with Crippen molar-refractivity contribution in [3.05, 3.63) is 35.9 Å². The van der Waals surface area contributed by atoms with Gasteiger partial charge in [0, 0.05) is 13.1 Å². The number of amides is 1. The largest absolute Gasteiger partial charge is 0.368 e. The van der Waals surface area contributed by atoms with Crippen molar-refractivity contribution in [3.63, 3.8) is 0 Å². The normalized spacial score (nSPS) is 25.8. The van der Waals surface area contributed by atoms with Crippen LogP contribution in [0.3, 0.4) is 0 Å². The molecule has 16 heavy (non-hydrogen) atoms. The molecule has 2 rings (SSSR count). The molecule has 0 unspecified atom stereocenters. The van der Waals surface area contributed by atoms with Crippen LogP contribution in [0.1, 0.15) is 18.9 Å².